The molecule has 8 nitrogen and oxygen atoms in total. The number of hydrogen-bond acceptors (Lipinski definition) is 8. The lowest BCUT2D eigenvalue weighted by Gasteiger charge is -2.11. The van der Waals surface area contributed by atoms with Gasteiger partial charge < -0.3 is 20.5 Å². The Hall–Kier alpha value is -4.64. The smallest absolute Gasteiger partial charge is 0.232 e. The predicted molar refractivity (Wildman–Crippen MR) is 121 cm³/mol. The first-order chi connectivity index (χ1) is 15.6. The highest BCUT2D eigenvalue weighted by atomic mass is 16.5. The van der Waals surface area contributed by atoms with Crippen molar-refractivity contribution in [2.45, 2.75) is 6.61 Å². The number of nitrogens with zero attached hydrogens (tertiary/aromatic N) is 4. The molecular formula is C24H20N6O2. The summed E-state index contributed by atoms with van der Waals surface area (Å²) in [5, 5.41) is 12.0. The van der Waals surface area contributed by atoms with Crippen molar-refractivity contribution < 1.29 is 9.47 Å². The predicted octanol–water partition coefficient (Wildman–Crippen LogP) is 4.32. The minimum Gasteiger partial charge on any atom is -0.495 e. The van der Waals surface area contributed by atoms with E-state index in [1.54, 1.807) is 19.2 Å². The van der Waals surface area contributed by atoms with E-state index in [0.29, 0.717) is 34.5 Å². The topological polar surface area (TPSA) is 119 Å². The van der Waals surface area contributed by atoms with Gasteiger partial charge in [0.05, 0.1) is 24.4 Å². The van der Waals surface area contributed by atoms with Crippen molar-refractivity contribution in [1.82, 2.24) is 15.0 Å². The van der Waals surface area contributed by atoms with E-state index in [0.717, 1.165) is 11.1 Å². The number of methoxy groups -OCH3 is 1. The number of benzene rings is 3. The van der Waals surface area contributed by atoms with E-state index < -0.39 is 0 Å². The normalized spacial score (nSPS) is 10.2. The molecule has 4 aromatic rings. The fourth-order valence-corrected chi connectivity index (χ4v) is 3.06. The van der Waals surface area contributed by atoms with Gasteiger partial charge in [-0.25, -0.2) is 0 Å². The van der Waals surface area contributed by atoms with Crippen molar-refractivity contribution in [2.75, 3.05) is 18.2 Å². The third kappa shape index (κ3) is 4.91. The molecule has 4 rings (SSSR count). The Morgan fingerprint density at radius 1 is 0.906 bits per heavy atom. The molecular weight excluding hydrogens is 404 g/mol. The Balaban J connectivity index is 1.44. The van der Waals surface area contributed by atoms with Gasteiger partial charge in [0.15, 0.2) is 5.82 Å². The number of nitrogen functional groups attached to an aromatic ring is 1. The molecule has 0 aliphatic heterocycles. The summed E-state index contributed by atoms with van der Waals surface area (Å²) in [5.41, 5.74) is 9.24. The van der Waals surface area contributed by atoms with Gasteiger partial charge >= 0.3 is 0 Å². The van der Waals surface area contributed by atoms with Crippen molar-refractivity contribution in [2.24, 2.45) is 0 Å². The number of aromatic nitrogens is 3. The van der Waals surface area contributed by atoms with Crippen LogP contribution >= 0.6 is 0 Å². The van der Waals surface area contributed by atoms with E-state index in [-0.39, 0.29) is 12.6 Å². The molecule has 0 saturated heterocycles. The van der Waals surface area contributed by atoms with E-state index in [4.69, 9.17) is 20.5 Å². The number of rotatable bonds is 7. The summed E-state index contributed by atoms with van der Waals surface area (Å²) < 4.78 is 11.2. The van der Waals surface area contributed by atoms with Gasteiger partial charge in [-0.15, -0.1) is 0 Å². The molecule has 0 bridgehead atoms. The minimum atomic E-state index is 0.0900. The Morgan fingerprint density at radius 3 is 2.28 bits per heavy atom. The lowest BCUT2D eigenvalue weighted by Crippen LogP contribution is -2.09. The van der Waals surface area contributed by atoms with E-state index >= 15 is 0 Å². The van der Waals surface area contributed by atoms with Crippen LogP contribution in [0.5, 0.6) is 11.5 Å². The fourth-order valence-electron chi connectivity index (χ4n) is 3.06. The monoisotopic (exact) mass is 424 g/mol. The standard InChI is InChI=1S/C24H20N6O2/c1-31-21-5-3-2-4-20(21)27-24-29-22(28-23(26)30-24)15-32-19-12-10-18(11-13-19)17-8-6-16(14-25)7-9-17/h2-13H,15H2,1H3,(H3,26,27,28,29,30). The fraction of sp³-hybridized carbons (Fsp3) is 0.0833. The van der Waals surface area contributed by atoms with Crippen LogP contribution in [0.3, 0.4) is 0 Å². The van der Waals surface area contributed by atoms with Crippen molar-refractivity contribution in [3.63, 3.8) is 0 Å². The molecule has 0 fully saturated rings. The molecule has 0 aliphatic carbocycles. The largest absolute Gasteiger partial charge is 0.495 e. The van der Waals surface area contributed by atoms with Gasteiger partial charge in [-0.05, 0) is 47.5 Å². The molecule has 158 valence electrons. The summed E-state index contributed by atoms with van der Waals surface area (Å²) in [5.74, 6) is 2.11. The Bertz CT molecular complexity index is 1250. The quantitative estimate of drug-likeness (QED) is 0.450. The molecule has 3 N–H and O–H groups in total. The maximum Gasteiger partial charge on any atom is 0.232 e. The van der Waals surface area contributed by atoms with Gasteiger partial charge in [0.1, 0.15) is 18.1 Å². The number of para-hydroxylation sites is 2. The van der Waals surface area contributed by atoms with Crippen molar-refractivity contribution in [1.29, 1.82) is 5.26 Å². The van der Waals surface area contributed by atoms with E-state index in [9.17, 15) is 0 Å². The summed E-state index contributed by atoms with van der Waals surface area (Å²) in [7, 11) is 1.59. The number of nitrogens with two attached hydrogens (primary N) is 1. The number of anilines is 3. The highest BCUT2D eigenvalue weighted by Gasteiger charge is 2.09. The van der Waals surface area contributed by atoms with E-state index in [2.05, 4.69) is 26.3 Å². The number of ether oxygens (including phenoxy) is 2. The molecule has 3 aromatic carbocycles. The lowest BCUT2D eigenvalue weighted by molar-refractivity contribution is 0.296. The highest BCUT2D eigenvalue weighted by molar-refractivity contribution is 5.65. The van der Waals surface area contributed by atoms with Gasteiger partial charge in [0, 0.05) is 0 Å². The molecule has 0 amide bonds. The zero-order valence-corrected chi connectivity index (χ0v) is 17.3. The van der Waals surface area contributed by atoms with Gasteiger partial charge in [-0.3, -0.25) is 0 Å². The Kier molecular flexibility index (Phi) is 6.09. The molecule has 0 atom stereocenters. The SMILES string of the molecule is COc1ccccc1Nc1nc(N)nc(COc2ccc(-c3ccc(C#N)cc3)cc2)n1. The summed E-state index contributed by atoms with van der Waals surface area (Å²) >= 11 is 0. The first kappa shape index (κ1) is 20.6. The summed E-state index contributed by atoms with van der Waals surface area (Å²) in [6, 6.07) is 24.6. The molecule has 1 aromatic heterocycles. The Morgan fingerprint density at radius 2 is 1.59 bits per heavy atom. The molecule has 0 radical (unpaired) electrons. The van der Waals surface area contributed by atoms with Gasteiger partial charge in [0.25, 0.3) is 0 Å². The molecule has 0 spiro atoms. The molecule has 1 heterocycles. The first-order valence-electron chi connectivity index (χ1n) is 9.78. The first-order valence-corrected chi connectivity index (χ1v) is 9.78. The van der Waals surface area contributed by atoms with Crippen LogP contribution in [0.25, 0.3) is 11.1 Å². The van der Waals surface area contributed by atoms with E-state index in [1.165, 1.54) is 0 Å². The molecule has 0 saturated carbocycles. The van der Waals surface area contributed by atoms with Crippen LogP contribution in [0.2, 0.25) is 0 Å². The number of nitrogens with one attached hydrogen (secondary N) is 1. The minimum absolute atomic E-state index is 0.0900. The average Bonchev–Trinajstić information content (AvgIpc) is 2.83. The summed E-state index contributed by atoms with van der Waals surface area (Å²) in [4.78, 5) is 12.7. The third-order valence-electron chi connectivity index (χ3n) is 4.62. The maximum absolute atomic E-state index is 8.92. The lowest BCUT2D eigenvalue weighted by atomic mass is 10.0. The zero-order valence-electron chi connectivity index (χ0n) is 17.3. The van der Waals surface area contributed by atoms with Gasteiger partial charge in [-0.2, -0.15) is 20.2 Å². The van der Waals surface area contributed by atoms with Crippen molar-refractivity contribution >= 4 is 17.6 Å². The van der Waals surface area contributed by atoms with Gasteiger partial charge in [0.2, 0.25) is 11.9 Å². The van der Waals surface area contributed by atoms with Gasteiger partial charge in [-0.1, -0.05) is 36.4 Å². The van der Waals surface area contributed by atoms with Crippen LogP contribution < -0.4 is 20.5 Å². The van der Waals surface area contributed by atoms with Crippen LogP contribution in [0.1, 0.15) is 11.4 Å². The second-order valence-corrected chi connectivity index (χ2v) is 6.76. The van der Waals surface area contributed by atoms with Crippen LogP contribution in [-0.4, -0.2) is 22.1 Å². The second-order valence-electron chi connectivity index (χ2n) is 6.76. The summed E-state index contributed by atoms with van der Waals surface area (Å²) in [6.07, 6.45) is 0. The van der Waals surface area contributed by atoms with Crippen molar-refractivity contribution in [3.05, 3.63) is 84.2 Å². The number of hydrogen-bond donors (Lipinski definition) is 2. The van der Waals surface area contributed by atoms with Crippen LogP contribution in [0.15, 0.2) is 72.8 Å². The maximum atomic E-state index is 8.92. The van der Waals surface area contributed by atoms with Crippen LogP contribution in [0, 0.1) is 11.3 Å². The molecule has 0 aliphatic rings. The van der Waals surface area contributed by atoms with Crippen LogP contribution in [-0.2, 0) is 6.61 Å². The molecule has 0 unspecified atom stereocenters. The number of nitriles is 1. The van der Waals surface area contributed by atoms with Crippen molar-refractivity contribution in [3.8, 4) is 28.7 Å². The molecule has 8 heteroatoms. The average molecular weight is 424 g/mol. The molecule has 32 heavy (non-hydrogen) atoms. The second kappa shape index (κ2) is 9.45. The van der Waals surface area contributed by atoms with Crippen LogP contribution in [0.4, 0.5) is 17.6 Å². The highest BCUT2D eigenvalue weighted by Crippen LogP contribution is 2.26. The van der Waals surface area contributed by atoms with E-state index in [1.807, 2.05) is 60.7 Å². The zero-order chi connectivity index (χ0) is 22.3. The summed E-state index contributed by atoms with van der Waals surface area (Å²) in [6.45, 7) is 0.129. The third-order valence-corrected chi connectivity index (χ3v) is 4.62. The Labute approximate surface area is 185 Å².